The fraction of sp³-hybridized carbons (Fsp3) is 0.406. The number of aliphatic hydroxyl groups is 2. The molecule has 2 aromatic carbocycles. The molecule has 274 valence electrons. The molecule has 1 saturated heterocycles. The van der Waals surface area contributed by atoms with E-state index in [0.29, 0.717) is 3.83 Å². The number of carbonyl (C=O) groups excluding carboxylic acids is 2. The molecule has 4 aromatic rings. The van der Waals surface area contributed by atoms with Crippen molar-refractivity contribution in [2.75, 3.05) is 19.5 Å². The number of methoxy groups -OCH3 is 1. The van der Waals surface area contributed by atoms with E-state index in [1.807, 2.05) is 34.7 Å². The summed E-state index contributed by atoms with van der Waals surface area (Å²) in [5.41, 5.74) is 5.82. The Morgan fingerprint density at radius 2 is 1.53 bits per heavy atom. The van der Waals surface area contributed by atoms with Crippen LogP contribution in [0.25, 0.3) is 11.2 Å². The lowest BCUT2D eigenvalue weighted by Gasteiger charge is -2.28. The molecule has 1 aliphatic heterocycles. The molecule has 0 aliphatic carbocycles. The number of aromatic nitrogens is 4. The van der Waals surface area contributed by atoms with Gasteiger partial charge in [0.1, 0.15) is 43.1 Å². The molecule has 0 saturated carbocycles. The number of anilines is 1. The third-order valence-corrected chi connectivity index (χ3v) is 10.7. The first-order chi connectivity index (χ1) is 24.2. The smallest absolute Gasteiger partial charge is 0.342 e. The number of esters is 2. The number of hydrogen-bond donors (Lipinski definition) is 5. The molecule has 0 amide bonds. The van der Waals surface area contributed by atoms with Crippen LogP contribution in [-0.4, -0.2) is 85.3 Å². The van der Waals surface area contributed by atoms with E-state index in [2.05, 4.69) is 25.1 Å². The van der Waals surface area contributed by atoms with E-state index in [-0.39, 0.29) is 36.2 Å². The Hall–Kier alpha value is -3.75. The van der Waals surface area contributed by atoms with Gasteiger partial charge in [-0.15, -0.1) is 0 Å². The fourth-order valence-electron chi connectivity index (χ4n) is 5.25. The van der Waals surface area contributed by atoms with E-state index >= 15 is 0 Å². The van der Waals surface area contributed by atoms with Crippen LogP contribution in [0.2, 0.25) is 0 Å². The molecule has 1 fully saturated rings. The molecule has 19 heteroatoms. The Labute approximate surface area is 306 Å². The van der Waals surface area contributed by atoms with Crippen molar-refractivity contribution in [3.63, 3.8) is 0 Å². The number of nitrogen functional groups attached to an aromatic ring is 1. The number of nitrogens with one attached hydrogen (secondary N) is 2. The Balaban J connectivity index is 1.33. The van der Waals surface area contributed by atoms with Gasteiger partial charge in [-0.05, 0) is 31.9 Å². The van der Waals surface area contributed by atoms with Crippen LogP contribution in [-0.2, 0) is 46.1 Å². The standard InChI is InChI=1S/C32H39IN7O10P/c1-18(27(42)47-15-20-11-7-5-8-12-20)38-51(45,39-19(2)28(43)48-16-21-13-9-6-10-14-21)49-17-22-24(41)32(3,44)29(50-22)40-25-23(35-30(40)33)26(46-4)37-31(34)36-25/h5-14,18-19,22,24,29,41,44H,15-17H2,1-4H3,(H2,34,36,37)(H2,38,39,45)/t18-,19-,22+,24+,29+,32+/m0/s1. The predicted molar refractivity (Wildman–Crippen MR) is 191 cm³/mol. The monoisotopic (exact) mass is 839 g/mol. The Morgan fingerprint density at radius 1 is 1.00 bits per heavy atom. The van der Waals surface area contributed by atoms with Crippen molar-refractivity contribution in [3.05, 3.63) is 75.6 Å². The summed E-state index contributed by atoms with van der Waals surface area (Å²) in [6.07, 6.45) is -4.15. The summed E-state index contributed by atoms with van der Waals surface area (Å²) in [4.78, 5) is 38.6. The van der Waals surface area contributed by atoms with Gasteiger partial charge in [0.2, 0.25) is 11.8 Å². The highest BCUT2D eigenvalue weighted by Crippen LogP contribution is 2.45. The van der Waals surface area contributed by atoms with Crippen molar-refractivity contribution in [1.82, 2.24) is 29.7 Å². The summed E-state index contributed by atoms with van der Waals surface area (Å²) in [6, 6.07) is 15.6. The molecule has 0 spiro atoms. The average molecular weight is 840 g/mol. The first-order valence-corrected chi connectivity index (χ1v) is 18.4. The van der Waals surface area contributed by atoms with Crippen LogP contribution in [0.4, 0.5) is 5.95 Å². The maximum atomic E-state index is 14.3. The summed E-state index contributed by atoms with van der Waals surface area (Å²) in [7, 11) is -2.96. The molecule has 17 nitrogen and oxygen atoms in total. The lowest BCUT2D eigenvalue weighted by molar-refractivity contribution is -0.147. The average Bonchev–Trinajstić information content (AvgIpc) is 3.55. The third-order valence-electron chi connectivity index (χ3n) is 7.97. The molecule has 6 N–H and O–H groups in total. The molecule has 5 rings (SSSR count). The van der Waals surface area contributed by atoms with Gasteiger partial charge in [0.25, 0.3) is 0 Å². The van der Waals surface area contributed by atoms with E-state index < -0.39 is 62.3 Å². The number of aliphatic hydroxyl groups excluding tert-OH is 1. The Kier molecular flexibility index (Phi) is 12.3. The molecule has 0 bridgehead atoms. The van der Waals surface area contributed by atoms with Crippen molar-refractivity contribution >= 4 is 59.3 Å². The van der Waals surface area contributed by atoms with E-state index in [9.17, 15) is 24.4 Å². The highest BCUT2D eigenvalue weighted by Gasteiger charge is 2.54. The van der Waals surface area contributed by atoms with Crippen molar-refractivity contribution in [1.29, 1.82) is 0 Å². The quantitative estimate of drug-likeness (QED) is 0.0501. The summed E-state index contributed by atoms with van der Waals surface area (Å²) in [5, 5.41) is 28.0. The van der Waals surface area contributed by atoms with Gasteiger partial charge >= 0.3 is 19.6 Å². The van der Waals surface area contributed by atoms with Crippen molar-refractivity contribution < 1.29 is 47.8 Å². The van der Waals surface area contributed by atoms with Crippen LogP contribution in [0.15, 0.2) is 60.7 Å². The first-order valence-electron chi connectivity index (χ1n) is 15.7. The number of ether oxygens (including phenoxy) is 4. The van der Waals surface area contributed by atoms with Crippen molar-refractivity contribution in [2.24, 2.45) is 0 Å². The number of rotatable bonds is 15. The van der Waals surface area contributed by atoms with Crippen molar-refractivity contribution in [2.45, 2.75) is 70.1 Å². The minimum atomic E-state index is -4.35. The lowest BCUT2D eigenvalue weighted by atomic mass is 9.96. The van der Waals surface area contributed by atoms with E-state index in [1.54, 1.807) is 48.5 Å². The summed E-state index contributed by atoms with van der Waals surface area (Å²) >= 11 is 1.90. The number of nitrogens with two attached hydrogens (primary N) is 1. The first kappa shape index (κ1) is 38.5. The van der Waals surface area contributed by atoms with Gasteiger partial charge in [0.05, 0.1) is 13.7 Å². The molecule has 0 radical (unpaired) electrons. The highest BCUT2D eigenvalue weighted by molar-refractivity contribution is 14.1. The minimum Gasteiger partial charge on any atom is -0.479 e. The number of imidazole rings is 1. The molecule has 2 aromatic heterocycles. The van der Waals surface area contributed by atoms with Gasteiger partial charge < -0.3 is 39.4 Å². The summed E-state index contributed by atoms with van der Waals surface area (Å²) < 4.78 is 44.1. The largest absolute Gasteiger partial charge is 0.479 e. The molecular formula is C32H39IN7O10P. The van der Waals surface area contributed by atoms with E-state index in [0.717, 1.165) is 11.1 Å². The number of hydrogen-bond acceptors (Lipinski definition) is 14. The maximum absolute atomic E-state index is 14.3. The zero-order valence-electron chi connectivity index (χ0n) is 28.1. The fourth-order valence-corrected chi connectivity index (χ4v) is 7.79. The second-order valence-electron chi connectivity index (χ2n) is 11.9. The van der Waals surface area contributed by atoms with Crippen LogP contribution >= 0.6 is 30.3 Å². The second kappa shape index (κ2) is 16.3. The third kappa shape index (κ3) is 9.01. The number of nitrogens with zero attached hydrogens (tertiary/aromatic N) is 4. The van der Waals surface area contributed by atoms with Gasteiger partial charge in [0, 0.05) is 22.6 Å². The van der Waals surface area contributed by atoms with Crippen LogP contribution in [0.5, 0.6) is 5.88 Å². The van der Waals surface area contributed by atoms with Gasteiger partial charge in [0.15, 0.2) is 21.2 Å². The van der Waals surface area contributed by atoms with Gasteiger partial charge in [-0.3, -0.25) is 18.7 Å². The van der Waals surface area contributed by atoms with Gasteiger partial charge in [-0.2, -0.15) is 9.97 Å². The molecule has 3 heterocycles. The number of carbonyl (C=O) groups is 2. The van der Waals surface area contributed by atoms with E-state index in [1.165, 1.54) is 32.4 Å². The Morgan fingerprint density at radius 3 is 2.04 bits per heavy atom. The minimum absolute atomic E-state index is 0.0325. The molecular weight excluding hydrogens is 800 g/mol. The van der Waals surface area contributed by atoms with Gasteiger partial charge in [-0.1, -0.05) is 60.7 Å². The zero-order chi connectivity index (χ0) is 36.9. The number of halogens is 1. The number of benzene rings is 2. The zero-order valence-corrected chi connectivity index (χ0v) is 31.2. The predicted octanol–water partition coefficient (Wildman–Crippen LogP) is 2.60. The Bertz CT molecular complexity index is 1820. The van der Waals surface area contributed by atoms with E-state index in [4.69, 9.17) is 29.2 Å². The molecule has 1 aliphatic rings. The summed E-state index contributed by atoms with van der Waals surface area (Å²) in [5.74, 6) is -1.52. The van der Waals surface area contributed by atoms with Crippen LogP contribution in [0, 0.1) is 3.83 Å². The molecule has 51 heavy (non-hydrogen) atoms. The maximum Gasteiger partial charge on any atom is 0.342 e. The summed E-state index contributed by atoms with van der Waals surface area (Å²) in [6.45, 7) is 3.53. The molecule has 6 atom stereocenters. The van der Waals surface area contributed by atoms with Crippen LogP contribution < -0.4 is 20.6 Å². The number of fused-ring (bicyclic) bond motifs is 1. The normalized spacial score (nSPS) is 21.7. The topological polar surface area (TPSA) is 231 Å². The van der Waals surface area contributed by atoms with Crippen LogP contribution in [0.1, 0.15) is 38.1 Å². The second-order valence-corrected chi connectivity index (χ2v) is 14.8. The van der Waals surface area contributed by atoms with Crippen LogP contribution in [0.3, 0.4) is 0 Å². The SMILES string of the molecule is COc1nc(N)nc2c1nc(I)n2[C@@H]1O[C@H](COP(=O)(N[C@@H](C)C(=O)OCc2ccccc2)N[C@@H](C)C(=O)OCc2ccccc2)[C@@H](O)[C@@]1(C)O. The van der Waals surface area contributed by atoms with Gasteiger partial charge in [-0.25, -0.2) is 15.2 Å². The highest BCUT2D eigenvalue weighted by atomic mass is 127. The molecule has 0 unspecified atom stereocenters. The lowest BCUT2D eigenvalue weighted by Crippen LogP contribution is -2.45. The van der Waals surface area contributed by atoms with Crippen molar-refractivity contribution in [3.8, 4) is 5.88 Å².